The number of nitrogens with zero attached hydrogens (tertiary/aromatic N) is 4. The molecule has 7 atom stereocenters. The number of hydrogen-bond donors (Lipinski definition) is 3. The topological polar surface area (TPSA) is 197 Å². The van der Waals surface area contributed by atoms with Crippen LogP contribution in [0.4, 0.5) is 18.0 Å². The predicted molar refractivity (Wildman–Crippen MR) is 199 cm³/mol. The molecule has 3 N–H and O–H groups in total. The molecule has 3 fully saturated rings. The molecule has 0 bridgehead atoms. The van der Waals surface area contributed by atoms with Crippen LogP contribution in [0.1, 0.15) is 79.6 Å². The van der Waals surface area contributed by atoms with E-state index in [0.29, 0.717) is 50.3 Å². The number of rotatable bonds is 8. The standard InChI is InChI=1S/C38H49F3N6O9S/c1-21-11-7-8-12-23-19-37(23,33(50)45-57(53,54)36(5)15-16-36)42-29(48)27-18-24(56-31-26-14-10-9-13-25(26)30(55-6)43-44-31)20-46(27)32(49)28(22(2)17-21)47(34(51)52)35(3,4)38(39,40)41/h8-10,12-14,21-24,27-28H,7,11,15-20H2,1-6H3,(H,42,48)(H,45,50)(H,51,52)/t21-,22-,23-,24-,27+,28+,37-/m1/s1. The van der Waals surface area contributed by atoms with E-state index in [0.717, 1.165) is 4.90 Å². The van der Waals surface area contributed by atoms with E-state index >= 15 is 0 Å². The number of fused-ring (bicyclic) bond motifs is 3. The molecule has 1 saturated heterocycles. The van der Waals surface area contributed by atoms with Gasteiger partial charge in [-0.2, -0.15) is 13.2 Å². The maximum atomic E-state index is 15.0. The minimum Gasteiger partial charge on any atom is -0.479 e. The average molecular weight is 823 g/mol. The van der Waals surface area contributed by atoms with Gasteiger partial charge in [-0.25, -0.2) is 13.2 Å². The molecule has 19 heteroatoms. The van der Waals surface area contributed by atoms with Crippen LogP contribution in [0.5, 0.6) is 11.8 Å². The molecular formula is C38H49F3N6O9S. The number of nitrogens with one attached hydrogen (secondary N) is 2. The van der Waals surface area contributed by atoms with Crippen LogP contribution in [-0.2, 0) is 24.4 Å². The quantitative estimate of drug-likeness (QED) is 0.316. The summed E-state index contributed by atoms with van der Waals surface area (Å²) in [4.78, 5) is 57.4. The van der Waals surface area contributed by atoms with Crippen LogP contribution >= 0.6 is 0 Å². The van der Waals surface area contributed by atoms with E-state index in [9.17, 15) is 45.9 Å². The fourth-order valence-electron chi connectivity index (χ4n) is 8.03. The number of alkyl halides is 3. The Balaban J connectivity index is 1.43. The maximum Gasteiger partial charge on any atom is 0.411 e. The van der Waals surface area contributed by atoms with E-state index in [1.165, 1.54) is 21.0 Å². The van der Waals surface area contributed by atoms with Crippen LogP contribution in [-0.4, -0.2) is 111 Å². The van der Waals surface area contributed by atoms with Crippen molar-refractivity contribution >= 4 is 44.6 Å². The second-order valence-corrected chi connectivity index (χ2v) is 18.9. The smallest absolute Gasteiger partial charge is 0.411 e. The van der Waals surface area contributed by atoms with Crippen LogP contribution in [0.2, 0.25) is 0 Å². The molecule has 0 spiro atoms. The van der Waals surface area contributed by atoms with Crippen molar-refractivity contribution in [2.45, 2.75) is 120 Å². The van der Waals surface area contributed by atoms with Crippen molar-refractivity contribution in [2.24, 2.45) is 17.8 Å². The number of hydrogen-bond acceptors (Lipinski definition) is 10. The minimum absolute atomic E-state index is 0.0122. The van der Waals surface area contributed by atoms with Crippen LogP contribution in [0.3, 0.4) is 0 Å². The van der Waals surface area contributed by atoms with Gasteiger partial charge in [0.15, 0.2) is 0 Å². The van der Waals surface area contributed by atoms with Crippen molar-refractivity contribution in [3.8, 4) is 11.8 Å². The first kappa shape index (κ1) is 41.9. The van der Waals surface area contributed by atoms with E-state index in [1.54, 1.807) is 36.4 Å². The van der Waals surface area contributed by atoms with Gasteiger partial charge in [-0.1, -0.05) is 38.1 Å². The summed E-state index contributed by atoms with van der Waals surface area (Å²) in [5.74, 6) is -4.45. The van der Waals surface area contributed by atoms with Crippen molar-refractivity contribution in [2.75, 3.05) is 13.7 Å². The molecule has 57 heavy (non-hydrogen) atoms. The summed E-state index contributed by atoms with van der Waals surface area (Å²) in [5.41, 5.74) is -4.76. The summed E-state index contributed by atoms with van der Waals surface area (Å²) in [6.07, 6.45) is -2.95. The van der Waals surface area contributed by atoms with Gasteiger partial charge in [0.2, 0.25) is 33.6 Å². The van der Waals surface area contributed by atoms with Gasteiger partial charge in [0, 0.05) is 12.3 Å². The van der Waals surface area contributed by atoms with Gasteiger partial charge in [-0.05, 0) is 83.3 Å². The Morgan fingerprint density at radius 1 is 1.07 bits per heavy atom. The Labute approximate surface area is 328 Å². The van der Waals surface area contributed by atoms with E-state index in [4.69, 9.17) is 9.47 Å². The van der Waals surface area contributed by atoms with Crippen LogP contribution in [0.25, 0.3) is 10.8 Å². The number of ether oxygens (including phenoxy) is 2. The summed E-state index contributed by atoms with van der Waals surface area (Å²) in [5, 5.41) is 22.4. The first-order chi connectivity index (χ1) is 26.6. The molecule has 0 unspecified atom stereocenters. The van der Waals surface area contributed by atoms with E-state index < -0.39 is 85.9 Å². The highest BCUT2D eigenvalue weighted by Crippen LogP contribution is 2.48. The number of carbonyl (C=O) groups is 4. The molecule has 1 aromatic heterocycles. The fourth-order valence-corrected chi connectivity index (χ4v) is 9.35. The first-order valence-corrected chi connectivity index (χ1v) is 20.5. The summed E-state index contributed by atoms with van der Waals surface area (Å²) < 4.78 is 83.0. The summed E-state index contributed by atoms with van der Waals surface area (Å²) in [6.45, 7) is 5.86. The molecule has 4 aliphatic rings. The molecule has 2 aliphatic heterocycles. The third-order valence-corrected chi connectivity index (χ3v) is 14.2. The first-order valence-electron chi connectivity index (χ1n) is 19.0. The molecule has 2 saturated carbocycles. The van der Waals surface area contributed by atoms with Crippen molar-refractivity contribution in [3.63, 3.8) is 0 Å². The van der Waals surface area contributed by atoms with Crippen LogP contribution < -0.4 is 19.5 Å². The second-order valence-electron chi connectivity index (χ2n) is 16.7. The number of methoxy groups -OCH3 is 1. The van der Waals surface area contributed by atoms with E-state index in [1.807, 2.05) is 6.92 Å². The third kappa shape index (κ3) is 7.82. The van der Waals surface area contributed by atoms with Crippen molar-refractivity contribution in [1.82, 2.24) is 30.0 Å². The monoisotopic (exact) mass is 822 g/mol. The molecule has 1 aromatic carbocycles. The van der Waals surface area contributed by atoms with Gasteiger partial charge in [-0.3, -0.25) is 24.0 Å². The average Bonchev–Trinajstić information content (AvgIpc) is 4.01. The Morgan fingerprint density at radius 3 is 2.30 bits per heavy atom. The molecule has 2 aromatic rings. The SMILES string of the molecule is COc1nnc(O[C@@H]2C[C@H]3C(=O)N[C@]4(C(=O)NS(=O)(=O)C5(C)CC5)C[C@H]4C=CCC[C@@H](C)C[C@@H](C)[C@H](N(C(=O)O)C(C)(C)C(F)(F)F)C(=O)N3C2)c2ccccc12. The lowest BCUT2D eigenvalue weighted by molar-refractivity contribution is -0.222. The minimum atomic E-state index is -5.10. The van der Waals surface area contributed by atoms with Crippen molar-refractivity contribution in [3.05, 3.63) is 36.4 Å². The number of allylic oxidation sites excluding steroid dienone is 1. The molecular weight excluding hydrogens is 774 g/mol. The number of carbonyl (C=O) groups excluding carboxylic acids is 3. The Hall–Kier alpha value is -4.68. The molecule has 15 nitrogen and oxygen atoms in total. The molecule has 0 radical (unpaired) electrons. The van der Waals surface area contributed by atoms with Crippen LogP contribution in [0, 0.1) is 17.8 Å². The van der Waals surface area contributed by atoms with Crippen molar-refractivity contribution < 1.29 is 55.3 Å². The van der Waals surface area contributed by atoms with Gasteiger partial charge in [0.05, 0.1) is 29.2 Å². The number of aromatic nitrogens is 2. The highest BCUT2D eigenvalue weighted by Gasteiger charge is 2.64. The lowest BCUT2D eigenvalue weighted by Crippen LogP contribution is -2.66. The number of benzene rings is 1. The molecule has 3 heterocycles. The molecule has 312 valence electrons. The molecule has 2 aliphatic carbocycles. The summed E-state index contributed by atoms with van der Waals surface area (Å²) >= 11 is 0. The largest absolute Gasteiger partial charge is 0.479 e. The fraction of sp³-hybridized carbons (Fsp3) is 0.632. The lowest BCUT2D eigenvalue weighted by Gasteiger charge is -2.45. The molecule has 6 rings (SSSR count). The predicted octanol–water partition coefficient (Wildman–Crippen LogP) is 4.56. The molecule has 4 amide bonds. The Morgan fingerprint density at radius 2 is 1.70 bits per heavy atom. The number of carboxylic acid groups (broad SMARTS) is 1. The van der Waals surface area contributed by atoms with E-state index in [-0.39, 0.29) is 48.4 Å². The second kappa shape index (κ2) is 14.9. The Bertz CT molecular complexity index is 2080. The third-order valence-electron chi connectivity index (χ3n) is 12.1. The van der Waals surface area contributed by atoms with Gasteiger partial charge >= 0.3 is 12.3 Å². The van der Waals surface area contributed by atoms with Gasteiger partial charge < -0.3 is 24.8 Å². The van der Waals surface area contributed by atoms with Gasteiger partial charge in [0.25, 0.3) is 5.91 Å². The maximum absolute atomic E-state index is 15.0. The normalized spacial score (nSPS) is 29.2. The number of amides is 4. The number of halogens is 3. The van der Waals surface area contributed by atoms with Gasteiger partial charge in [0.1, 0.15) is 29.3 Å². The summed E-state index contributed by atoms with van der Waals surface area (Å²) in [6, 6.07) is 3.47. The van der Waals surface area contributed by atoms with Crippen LogP contribution in [0.15, 0.2) is 36.4 Å². The van der Waals surface area contributed by atoms with E-state index in [2.05, 4.69) is 20.2 Å². The Kier molecular flexibility index (Phi) is 11.0. The number of sulfonamides is 1. The lowest BCUT2D eigenvalue weighted by atomic mass is 9.85. The zero-order valence-corrected chi connectivity index (χ0v) is 33.4. The highest BCUT2D eigenvalue weighted by molar-refractivity contribution is 7.91. The summed E-state index contributed by atoms with van der Waals surface area (Å²) in [7, 11) is -2.71. The zero-order chi connectivity index (χ0) is 41.9. The van der Waals surface area contributed by atoms with Gasteiger partial charge in [-0.15, -0.1) is 10.2 Å². The van der Waals surface area contributed by atoms with Crippen molar-refractivity contribution in [1.29, 1.82) is 0 Å². The highest BCUT2D eigenvalue weighted by atomic mass is 32.2. The zero-order valence-electron chi connectivity index (χ0n) is 32.6.